The fourth-order valence-corrected chi connectivity index (χ4v) is 3.91. The molecule has 4 aromatic carbocycles. The van der Waals surface area contributed by atoms with E-state index in [1.807, 2.05) is 103 Å². The Hall–Kier alpha value is -4.05. The van der Waals surface area contributed by atoms with Gasteiger partial charge in [-0.2, -0.15) is 0 Å². The normalized spacial score (nSPS) is 10.6. The molecule has 2 aromatic heterocycles. The van der Waals surface area contributed by atoms with E-state index in [-0.39, 0.29) is 20.1 Å². The summed E-state index contributed by atoms with van der Waals surface area (Å²) >= 11 is 0. The van der Waals surface area contributed by atoms with Crippen molar-refractivity contribution in [2.24, 2.45) is 0 Å². The predicted octanol–water partition coefficient (Wildman–Crippen LogP) is 6.89. The first-order valence-corrected chi connectivity index (χ1v) is 11.1. The molecule has 0 saturated carbocycles. The number of fused-ring (bicyclic) bond motifs is 1. The van der Waals surface area contributed by atoms with Gasteiger partial charge in [0.15, 0.2) is 11.6 Å². The van der Waals surface area contributed by atoms with Crippen LogP contribution in [0.3, 0.4) is 0 Å². The average Bonchev–Trinajstić information content (AvgIpc) is 2.93. The molecule has 0 saturated heterocycles. The van der Waals surface area contributed by atoms with Gasteiger partial charge in [-0.25, -0.2) is 15.0 Å². The Labute approximate surface area is 217 Å². The predicted molar refractivity (Wildman–Crippen MR) is 136 cm³/mol. The van der Waals surface area contributed by atoms with Crippen LogP contribution in [0, 0.1) is 6.07 Å². The SMILES string of the molecule is [Ir].[c-]1ccc(-c2nc(-c3ccccc3)nc(-c3ccccc3)n2)cc1-c1ccc2ccccc2n1. The van der Waals surface area contributed by atoms with Gasteiger partial charge in [-0.05, 0) is 17.1 Å². The summed E-state index contributed by atoms with van der Waals surface area (Å²) in [6, 6.07) is 41.4. The standard InChI is InChI=1S/C30H19N4.Ir/c1-3-11-22(12-4-1)28-32-29(23-13-5-2-6-14-23)34-30(33-28)25-16-9-15-24(20-25)27-19-18-21-10-7-8-17-26(21)31-27;/h1-14,16-20H;/q-1;. The zero-order chi connectivity index (χ0) is 22.7. The molecule has 0 aliphatic heterocycles. The number of para-hydroxylation sites is 1. The summed E-state index contributed by atoms with van der Waals surface area (Å²) in [5.41, 5.74) is 5.49. The maximum Gasteiger partial charge on any atom is 0.164 e. The summed E-state index contributed by atoms with van der Waals surface area (Å²) < 4.78 is 0. The molecule has 0 bridgehead atoms. The van der Waals surface area contributed by atoms with Crippen molar-refractivity contribution in [1.82, 2.24) is 19.9 Å². The van der Waals surface area contributed by atoms with Gasteiger partial charge >= 0.3 is 0 Å². The van der Waals surface area contributed by atoms with Crippen LogP contribution < -0.4 is 0 Å². The summed E-state index contributed by atoms with van der Waals surface area (Å²) in [6.07, 6.45) is 0. The van der Waals surface area contributed by atoms with Gasteiger partial charge in [0.1, 0.15) is 5.82 Å². The molecule has 0 atom stereocenters. The van der Waals surface area contributed by atoms with E-state index in [0.717, 1.165) is 38.9 Å². The minimum Gasteiger partial charge on any atom is -0.296 e. The van der Waals surface area contributed by atoms with Gasteiger partial charge in [-0.3, -0.25) is 4.98 Å². The molecule has 0 spiro atoms. The van der Waals surface area contributed by atoms with Crippen LogP contribution in [0.15, 0.2) is 115 Å². The van der Waals surface area contributed by atoms with E-state index in [9.17, 15) is 0 Å². The molecule has 169 valence electrons. The van der Waals surface area contributed by atoms with Gasteiger partial charge in [-0.15, -0.1) is 29.8 Å². The molecular weight excluding hydrogens is 609 g/mol. The number of nitrogens with zero attached hydrogens (tertiary/aromatic N) is 4. The Morgan fingerprint density at radius 2 is 1.06 bits per heavy atom. The molecule has 4 nitrogen and oxygen atoms in total. The van der Waals surface area contributed by atoms with Crippen LogP contribution in [0.5, 0.6) is 0 Å². The van der Waals surface area contributed by atoms with Crippen molar-refractivity contribution in [3.05, 3.63) is 121 Å². The zero-order valence-electron chi connectivity index (χ0n) is 18.6. The van der Waals surface area contributed by atoms with E-state index in [4.69, 9.17) is 19.9 Å². The largest absolute Gasteiger partial charge is 0.296 e. The minimum absolute atomic E-state index is 0. The topological polar surface area (TPSA) is 51.6 Å². The van der Waals surface area contributed by atoms with Crippen molar-refractivity contribution in [3.8, 4) is 45.4 Å². The van der Waals surface area contributed by atoms with E-state index in [1.165, 1.54) is 0 Å². The fourth-order valence-electron chi connectivity index (χ4n) is 3.91. The van der Waals surface area contributed by atoms with Gasteiger partial charge < -0.3 is 0 Å². The Morgan fingerprint density at radius 1 is 0.486 bits per heavy atom. The molecule has 6 rings (SSSR count). The van der Waals surface area contributed by atoms with Crippen molar-refractivity contribution in [2.45, 2.75) is 0 Å². The smallest absolute Gasteiger partial charge is 0.164 e. The van der Waals surface area contributed by atoms with Crippen molar-refractivity contribution in [1.29, 1.82) is 0 Å². The quantitative estimate of drug-likeness (QED) is 0.200. The van der Waals surface area contributed by atoms with Gasteiger partial charge in [0.25, 0.3) is 0 Å². The van der Waals surface area contributed by atoms with Crippen molar-refractivity contribution < 1.29 is 20.1 Å². The summed E-state index contributed by atoms with van der Waals surface area (Å²) in [5.74, 6) is 1.90. The molecule has 0 aliphatic carbocycles. The number of rotatable bonds is 4. The second-order valence-electron chi connectivity index (χ2n) is 7.92. The van der Waals surface area contributed by atoms with E-state index < -0.39 is 0 Å². The Kier molecular flexibility index (Phi) is 6.53. The van der Waals surface area contributed by atoms with Crippen molar-refractivity contribution >= 4 is 10.9 Å². The summed E-state index contributed by atoms with van der Waals surface area (Å²) in [5, 5.41) is 1.11. The Bertz CT molecular complexity index is 1540. The van der Waals surface area contributed by atoms with Gasteiger partial charge in [0, 0.05) is 31.2 Å². The van der Waals surface area contributed by atoms with Crippen LogP contribution in [0.25, 0.3) is 56.3 Å². The zero-order valence-corrected chi connectivity index (χ0v) is 21.0. The number of pyridine rings is 1. The van der Waals surface area contributed by atoms with Gasteiger partial charge in [0.05, 0.1) is 5.52 Å². The Morgan fingerprint density at radius 3 is 1.71 bits per heavy atom. The maximum atomic E-state index is 4.83. The first kappa shape index (κ1) is 22.7. The molecular formula is C30H19IrN4-. The average molecular weight is 628 g/mol. The second-order valence-corrected chi connectivity index (χ2v) is 7.92. The number of hydrogen-bond donors (Lipinski definition) is 0. The fraction of sp³-hybridized carbons (Fsp3) is 0. The summed E-state index contributed by atoms with van der Waals surface area (Å²) in [7, 11) is 0. The molecule has 35 heavy (non-hydrogen) atoms. The third-order valence-electron chi connectivity index (χ3n) is 5.63. The van der Waals surface area contributed by atoms with E-state index in [2.05, 4.69) is 18.2 Å². The van der Waals surface area contributed by atoms with Gasteiger partial charge in [0.2, 0.25) is 0 Å². The van der Waals surface area contributed by atoms with Crippen LogP contribution in [-0.2, 0) is 20.1 Å². The van der Waals surface area contributed by atoms with Crippen LogP contribution in [0.1, 0.15) is 0 Å². The molecule has 5 heteroatoms. The van der Waals surface area contributed by atoms with Crippen LogP contribution in [0.4, 0.5) is 0 Å². The first-order chi connectivity index (χ1) is 16.8. The van der Waals surface area contributed by atoms with Crippen molar-refractivity contribution in [3.63, 3.8) is 0 Å². The van der Waals surface area contributed by atoms with Crippen LogP contribution >= 0.6 is 0 Å². The number of benzene rings is 4. The van der Waals surface area contributed by atoms with E-state index in [1.54, 1.807) is 0 Å². The van der Waals surface area contributed by atoms with E-state index in [0.29, 0.717) is 17.5 Å². The molecule has 0 aliphatic rings. The second kappa shape index (κ2) is 10.1. The molecule has 0 amide bonds. The third-order valence-corrected chi connectivity index (χ3v) is 5.63. The van der Waals surface area contributed by atoms with Gasteiger partial charge in [-0.1, -0.05) is 96.6 Å². The minimum atomic E-state index is 0. The first-order valence-electron chi connectivity index (χ1n) is 11.1. The monoisotopic (exact) mass is 628 g/mol. The molecule has 1 radical (unpaired) electrons. The Balaban J connectivity index is 0.00000253. The molecule has 0 fully saturated rings. The van der Waals surface area contributed by atoms with Crippen LogP contribution in [0.2, 0.25) is 0 Å². The van der Waals surface area contributed by atoms with Crippen LogP contribution in [-0.4, -0.2) is 19.9 Å². The molecule has 0 unspecified atom stereocenters. The third kappa shape index (κ3) is 4.78. The number of hydrogen-bond acceptors (Lipinski definition) is 4. The maximum absolute atomic E-state index is 4.83. The molecule has 6 aromatic rings. The number of aromatic nitrogens is 4. The molecule has 0 N–H and O–H groups in total. The summed E-state index contributed by atoms with van der Waals surface area (Å²) in [6.45, 7) is 0. The molecule has 2 heterocycles. The van der Waals surface area contributed by atoms with E-state index >= 15 is 0 Å². The van der Waals surface area contributed by atoms with Crippen molar-refractivity contribution in [2.75, 3.05) is 0 Å². The summed E-state index contributed by atoms with van der Waals surface area (Å²) in [4.78, 5) is 19.3.